The quantitative estimate of drug-likeness (QED) is 0.483. The van der Waals surface area contributed by atoms with Crippen molar-refractivity contribution >= 4 is 33.3 Å². The molecule has 0 bridgehead atoms. The first-order chi connectivity index (χ1) is 15.1. The van der Waals surface area contributed by atoms with Crippen molar-refractivity contribution in [2.45, 2.75) is 20.3 Å². The molecule has 158 valence electrons. The number of thiophene rings is 1. The summed E-state index contributed by atoms with van der Waals surface area (Å²) in [6.07, 6.45) is 5.00. The Morgan fingerprint density at radius 3 is 2.42 bits per heavy atom. The molecule has 7 heteroatoms. The zero-order valence-electron chi connectivity index (χ0n) is 17.8. The van der Waals surface area contributed by atoms with E-state index in [1.54, 1.807) is 11.3 Å². The molecule has 0 radical (unpaired) electrons. The first-order valence-electron chi connectivity index (χ1n) is 10.7. The van der Waals surface area contributed by atoms with Crippen LogP contribution in [0.25, 0.3) is 15.9 Å². The monoisotopic (exact) mass is 431 g/mol. The van der Waals surface area contributed by atoms with E-state index in [-0.39, 0.29) is 5.91 Å². The van der Waals surface area contributed by atoms with Crippen LogP contribution in [0.4, 0.5) is 5.82 Å². The third-order valence-corrected chi connectivity index (χ3v) is 6.94. The number of rotatable bonds is 4. The number of benzene rings is 1. The zero-order valence-corrected chi connectivity index (χ0v) is 18.6. The summed E-state index contributed by atoms with van der Waals surface area (Å²) in [4.78, 5) is 29.0. The van der Waals surface area contributed by atoms with E-state index in [1.165, 1.54) is 4.88 Å². The Morgan fingerprint density at radius 2 is 1.74 bits per heavy atom. The van der Waals surface area contributed by atoms with E-state index in [1.807, 2.05) is 65.2 Å². The third-order valence-electron chi connectivity index (χ3n) is 5.77. The lowest BCUT2D eigenvalue weighted by molar-refractivity contribution is 0.0746. The van der Waals surface area contributed by atoms with E-state index in [2.05, 4.69) is 22.9 Å². The van der Waals surface area contributed by atoms with E-state index in [9.17, 15) is 4.79 Å². The van der Waals surface area contributed by atoms with Crippen LogP contribution in [0.15, 0.2) is 54.9 Å². The van der Waals surface area contributed by atoms with Gasteiger partial charge in [-0.1, -0.05) is 6.92 Å². The maximum Gasteiger partial charge on any atom is 0.253 e. The molecule has 1 amide bonds. The summed E-state index contributed by atoms with van der Waals surface area (Å²) >= 11 is 1.75. The molecule has 0 saturated carbocycles. The Bertz CT molecular complexity index is 1200. The van der Waals surface area contributed by atoms with Crippen LogP contribution in [0, 0.1) is 6.92 Å². The number of hydrogen-bond acceptors (Lipinski definition) is 5. The summed E-state index contributed by atoms with van der Waals surface area (Å²) in [6.45, 7) is 7.04. The Balaban J connectivity index is 1.30. The van der Waals surface area contributed by atoms with Gasteiger partial charge in [0.1, 0.15) is 16.5 Å². The molecule has 1 aliphatic rings. The minimum Gasteiger partial charge on any atom is -0.352 e. The largest absolute Gasteiger partial charge is 0.352 e. The van der Waals surface area contributed by atoms with Crippen molar-refractivity contribution in [3.63, 3.8) is 0 Å². The van der Waals surface area contributed by atoms with Crippen LogP contribution >= 0.6 is 11.3 Å². The van der Waals surface area contributed by atoms with Crippen molar-refractivity contribution in [3.8, 4) is 5.69 Å². The summed E-state index contributed by atoms with van der Waals surface area (Å²) in [5.74, 6) is 1.89. The molecule has 6 nitrogen and oxygen atoms in total. The van der Waals surface area contributed by atoms with Crippen molar-refractivity contribution < 1.29 is 4.79 Å². The molecule has 1 saturated heterocycles. The summed E-state index contributed by atoms with van der Waals surface area (Å²) < 4.78 is 2.03. The van der Waals surface area contributed by atoms with Crippen LogP contribution < -0.4 is 4.90 Å². The number of nitrogens with zero attached hydrogens (tertiary/aromatic N) is 5. The lowest BCUT2D eigenvalue weighted by Gasteiger charge is -2.35. The molecule has 31 heavy (non-hydrogen) atoms. The molecule has 1 fully saturated rings. The summed E-state index contributed by atoms with van der Waals surface area (Å²) in [5.41, 5.74) is 1.78. The first-order valence-corrected chi connectivity index (χ1v) is 11.5. The summed E-state index contributed by atoms with van der Waals surface area (Å²) in [7, 11) is 0. The van der Waals surface area contributed by atoms with E-state index in [4.69, 9.17) is 4.98 Å². The van der Waals surface area contributed by atoms with E-state index >= 15 is 0 Å². The SMILES string of the molecule is CCc1cc2c(N3CCN(C(=O)c4ccc(-n5cccc5)cc4)CC3)nc(C)nc2s1. The smallest absolute Gasteiger partial charge is 0.253 e. The molecular weight excluding hydrogens is 406 g/mol. The number of anilines is 1. The molecule has 0 atom stereocenters. The molecule has 0 aliphatic carbocycles. The second kappa shape index (κ2) is 8.15. The lowest BCUT2D eigenvalue weighted by atomic mass is 10.1. The van der Waals surface area contributed by atoms with Crippen molar-refractivity contribution in [1.29, 1.82) is 0 Å². The van der Waals surface area contributed by atoms with Crippen molar-refractivity contribution in [1.82, 2.24) is 19.4 Å². The van der Waals surface area contributed by atoms with Gasteiger partial charge in [0.25, 0.3) is 5.91 Å². The van der Waals surface area contributed by atoms with Crippen molar-refractivity contribution in [2.24, 2.45) is 0 Å². The first kappa shape index (κ1) is 19.8. The number of amides is 1. The summed E-state index contributed by atoms with van der Waals surface area (Å²) in [5, 5.41) is 1.13. The average molecular weight is 432 g/mol. The number of piperazine rings is 1. The van der Waals surface area contributed by atoms with Crippen LogP contribution in [0.3, 0.4) is 0 Å². The van der Waals surface area contributed by atoms with Crippen molar-refractivity contribution in [2.75, 3.05) is 31.1 Å². The molecule has 0 unspecified atom stereocenters. The number of carbonyl (C=O) groups excluding carboxylic acids is 1. The van der Waals surface area contributed by atoms with Crippen LogP contribution in [0.5, 0.6) is 0 Å². The number of carbonyl (C=O) groups is 1. The minimum absolute atomic E-state index is 0.0894. The fraction of sp³-hybridized carbons (Fsp3) is 0.292. The van der Waals surface area contributed by atoms with Gasteiger partial charge in [0.05, 0.1) is 5.39 Å². The maximum absolute atomic E-state index is 13.0. The maximum atomic E-state index is 13.0. The molecule has 1 aliphatic heterocycles. The van der Waals surface area contributed by atoms with Gasteiger partial charge in [-0.05, 0) is 55.8 Å². The zero-order chi connectivity index (χ0) is 21.4. The highest BCUT2D eigenvalue weighted by atomic mass is 32.1. The molecule has 4 aromatic rings. The number of aryl methyl sites for hydroxylation is 2. The molecule has 3 aromatic heterocycles. The summed E-state index contributed by atoms with van der Waals surface area (Å²) in [6, 6.07) is 14.0. The molecule has 4 heterocycles. The van der Waals surface area contributed by atoms with Crippen LogP contribution in [-0.2, 0) is 6.42 Å². The number of aromatic nitrogens is 3. The molecule has 0 spiro atoms. The van der Waals surface area contributed by atoms with Gasteiger partial charge in [-0.15, -0.1) is 11.3 Å². The Hall–Kier alpha value is -3.19. The Morgan fingerprint density at radius 1 is 1.03 bits per heavy atom. The van der Waals surface area contributed by atoms with E-state index in [0.717, 1.165) is 52.6 Å². The highest BCUT2D eigenvalue weighted by molar-refractivity contribution is 7.18. The highest BCUT2D eigenvalue weighted by Crippen LogP contribution is 2.32. The molecule has 5 rings (SSSR count). The number of fused-ring (bicyclic) bond motifs is 1. The predicted octanol–water partition coefficient (Wildman–Crippen LogP) is 4.32. The molecular formula is C24H25N5OS. The molecule has 0 N–H and O–H groups in total. The van der Waals surface area contributed by atoms with Gasteiger partial charge in [0, 0.05) is 54.7 Å². The van der Waals surface area contributed by atoms with Gasteiger partial charge < -0.3 is 14.4 Å². The lowest BCUT2D eigenvalue weighted by Crippen LogP contribution is -2.49. The van der Waals surface area contributed by atoms with E-state index < -0.39 is 0 Å². The fourth-order valence-electron chi connectivity index (χ4n) is 4.06. The average Bonchev–Trinajstić information content (AvgIpc) is 3.48. The van der Waals surface area contributed by atoms with Crippen LogP contribution in [0.1, 0.15) is 28.0 Å². The van der Waals surface area contributed by atoms with Gasteiger partial charge in [0.2, 0.25) is 0 Å². The van der Waals surface area contributed by atoms with Crippen LogP contribution in [0.2, 0.25) is 0 Å². The minimum atomic E-state index is 0.0894. The Labute approximate surface area is 185 Å². The third kappa shape index (κ3) is 3.81. The number of hydrogen-bond donors (Lipinski definition) is 0. The normalized spacial score (nSPS) is 14.4. The van der Waals surface area contributed by atoms with Gasteiger partial charge in [-0.2, -0.15) is 0 Å². The van der Waals surface area contributed by atoms with Crippen molar-refractivity contribution in [3.05, 3.63) is 71.1 Å². The standard InChI is InChI=1S/C24H25N5OS/c1-3-20-16-21-22(25-17(2)26-23(21)31-20)28-12-14-29(15-13-28)24(30)18-6-8-19(9-7-18)27-10-4-5-11-27/h4-11,16H,3,12-15H2,1-2H3. The second-order valence-corrected chi connectivity index (χ2v) is 8.91. The van der Waals surface area contributed by atoms with Gasteiger partial charge >= 0.3 is 0 Å². The van der Waals surface area contributed by atoms with Gasteiger partial charge in [-0.25, -0.2) is 9.97 Å². The second-order valence-electron chi connectivity index (χ2n) is 7.80. The fourth-order valence-corrected chi connectivity index (χ4v) is 5.07. The highest BCUT2D eigenvalue weighted by Gasteiger charge is 2.25. The van der Waals surface area contributed by atoms with Gasteiger partial charge in [0.15, 0.2) is 0 Å². The molecule has 1 aromatic carbocycles. The van der Waals surface area contributed by atoms with Crippen LogP contribution in [-0.4, -0.2) is 51.5 Å². The Kier molecular flexibility index (Phi) is 5.19. The predicted molar refractivity (Wildman–Crippen MR) is 125 cm³/mol. The van der Waals surface area contributed by atoms with E-state index in [0.29, 0.717) is 13.1 Å². The topological polar surface area (TPSA) is 54.3 Å². The van der Waals surface area contributed by atoms with Gasteiger partial charge in [-0.3, -0.25) is 4.79 Å².